The Bertz CT molecular complexity index is 987. The molecule has 8 nitrogen and oxygen atoms in total. The molecule has 1 aromatic heterocycles. The number of ether oxygens (including phenoxy) is 1. The number of hydrogen-bond acceptors (Lipinski definition) is 6. The summed E-state index contributed by atoms with van der Waals surface area (Å²) in [7, 11) is 1.60. The molecule has 0 fully saturated rings. The second kappa shape index (κ2) is 10.1. The van der Waals surface area contributed by atoms with Gasteiger partial charge in [-0.3, -0.25) is 9.59 Å². The smallest absolute Gasteiger partial charge is 0.316 e. The predicted octanol–water partition coefficient (Wildman–Crippen LogP) is 2.36. The standard InChI is InChI=1S/C21H21FN4O4/c1-29-17-9-2-14(3-10-17)4-11-18(27)23-12-13-24-20(28)21-25-19(26-30-21)15-5-7-16(22)8-6-15/h2-3,5-10H,4,11-13H2,1H3,(H,23,27)(H,24,28). The topological polar surface area (TPSA) is 106 Å². The number of nitrogens with zero attached hydrogens (tertiary/aromatic N) is 2. The van der Waals surface area contributed by atoms with Gasteiger partial charge in [-0.15, -0.1) is 0 Å². The molecule has 156 valence electrons. The molecule has 30 heavy (non-hydrogen) atoms. The SMILES string of the molecule is COc1ccc(CCC(=O)NCCNC(=O)c2nc(-c3ccc(F)cc3)no2)cc1. The van der Waals surface area contributed by atoms with Crippen molar-refractivity contribution in [3.8, 4) is 17.1 Å². The Morgan fingerprint density at radius 2 is 1.73 bits per heavy atom. The van der Waals surface area contributed by atoms with Crippen molar-refractivity contribution < 1.29 is 23.2 Å². The normalized spacial score (nSPS) is 10.5. The van der Waals surface area contributed by atoms with Crippen LogP contribution in [0.15, 0.2) is 53.1 Å². The summed E-state index contributed by atoms with van der Waals surface area (Å²) in [5, 5.41) is 9.04. The first kappa shape index (κ1) is 21.0. The van der Waals surface area contributed by atoms with E-state index < -0.39 is 5.91 Å². The molecule has 9 heteroatoms. The van der Waals surface area contributed by atoms with Crippen molar-refractivity contribution in [2.24, 2.45) is 0 Å². The highest BCUT2D eigenvalue weighted by Crippen LogP contribution is 2.16. The third-order valence-electron chi connectivity index (χ3n) is 4.26. The van der Waals surface area contributed by atoms with E-state index in [0.29, 0.717) is 18.4 Å². The number of carbonyl (C=O) groups is 2. The molecule has 0 aliphatic rings. The Kier molecular flexibility index (Phi) is 7.09. The molecule has 3 rings (SSSR count). The van der Waals surface area contributed by atoms with Crippen molar-refractivity contribution in [3.05, 3.63) is 65.8 Å². The third kappa shape index (κ3) is 5.87. The number of aromatic nitrogens is 2. The summed E-state index contributed by atoms with van der Waals surface area (Å²) in [6.07, 6.45) is 0.946. The van der Waals surface area contributed by atoms with Crippen molar-refractivity contribution in [3.63, 3.8) is 0 Å². The largest absolute Gasteiger partial charge is 0.497 e. The van der Waals surface area contributed by atoms with E-state index in [9.17, 15) is 14.0 Å². The summed E-state index contributed by atoms with van der Waals surface area (Å²) in [5.41, 5.74) is 1.57. The summed E-state index contributed by atoms with van der Waals surface area (Å²) >= 11 is 0. The number of benzene rings is 2. The zero-order valence-electron chi connectivity index (χ0n) is 16.4. The van der Waals surface area contributed by atoms with Gasteiger partial charge < -0.3 is 19.9 Å². The van der Waals surface area contributed by atoms with Crippen LogP contribution in [0.5, 0.6) is 5.75 Å². The molecule has 0 radical (unpaired) electrons. The molecule has 3 aromatic rings. The highest BCUT2D eigenvalue weighted by atomic mass is 19.1. The van der Waals surface area contributed by atoms with E-state index in [4.69, 9.17) is 9.26 Å². The molecule has 2 amide bonds. The Balaban J connectivity index is 1.37. The number of amides is 2. The fraction of sp³-hybridized carbons (Fsp3) is 0.238. The number of rotatable bonds is 9. The van der Waals surface area contributed by atoms with Gasteiger partial charge in [-0.05, 0) is 48.4 Å². The molecule has 0 aliphatic heterocycles. The van der Waals surface area contributed by atoms with Gasteiger partial charge >= 0.3 is 11.8 Å². The van der Waals surface area contributed by atoms with Crippen LogP contribution in [-0.2, 0) is 11.2 Å². The first-order valence-electron chi connectivity index (χ1n) is 9.32. The van der Waals surface area contributed by atoms with Crippen LogP contribution in [0, 0.1) is 5.82 Å². The molecule has 0 saturated heterocycles. The van der Waals surface area contributed by atoms with Crippen molar-refractivity contribution in [2.45, 2.75) is 12.8 Å². The van der Waals surface area contributed by atoms with Gasteiger partial charge in [-0.25, -0.2) is 4.39 Å². The third-order valence-corrected chi connectivity index (χ3v) is 4.26. The van der Waals surface area contributed by atoms with E-state index in [1.807, 2.05) is 24.3 Å². The predicted molar refractivity (Wildman–Crippen MR) is 106 cm³/mol. The second-order valence-electron chi connectivity index (χ2n) is 6.38. The lowest BCUT2D eigenvalue weighted by atomic mass is 10.1. The molecule has 0 aliphatic carbocycles. The van der Waals surface area contributed by atoms with Crippen LogP contribution < -0.4 is 15.4 Å². The van der Waals surface area contributed by atoms with Gasteiger partial charge in [0, 0.05) is 25.1 Å². The summed E-state index contributed by atoms with van der Waals surface area (Å²) in [4.78, 5) is 28.0. The molecule has 2 aromatic carbocycles. The Morgan fingerprint density at radius 3 is 2.43 bits per heavy atom. The number of methoxy groups -OCH3 is 1. The lowest BCUT2D eigenvalue weighted by Crippen LogP contribution is -2.34. The number of halogens is 1. The van der Waals surface area contributed by atoms with Crippen molar-refractivity contribution in [1.29, 1.82) is 0 Å². The van der Waals surface area contributed by atoms with E-state index in [1.54, 1.807) is 7.11 Å². The minimum atomic E-state index is -0.552. The number of carbonyl (C=O) groups excluding carboxylic acids is 2. The molecule has 0 bridgehead atoms. The van der Waals surface area contributed by atoms with Gasteiger partial charge in [0.15, 0.2) is 0 Å². The van der Waals surface area contributed by atoms with Crippen molar-refractivity contribution in [2.75, 3.05) is 20.2 Å². The summed E-state index contributed by atoms with van der Waals surface area (Å²) < 4.78 is 23.0. The zero-order valence-corrected chi connectivity index (χ0v) is 16.4. The quantitative estimate of drug-likeness (QED) is 0.523. The van der Waals surface area contributed by atoms with Gasteiger partial charge in [-0.1, -0.05) is 17.3 Å². The van der Waals surface area contributed by atoms with Crippen LogP contribution in [0.1, 0.15) is 22.7 Å². The van der Waals surface area contributed by atoms with Gasteiger partial charge in [0.2, 0.25) is 11.7 Å². The fourth-order valence-corrected chi connectivity index (χ4v) is 2.62. The van der Waals surface area contributed by atoms with Crippen LogP contribution in [0.25, 0.3) is 11.4 Å². The monoisotopic (exact) mass is 412 g/mol. The average molecular weight is 412 g/mol. The van der Waals surface area contributed by atoms with Crippen LogP contribution in [-0.4, -0.2) is 42.2 Å². The molecular formula is C21H21FN4O4. The molecule has 0 unspecified atom stereocenters. The number of nitrogens with one attached hydrogen (secondary N) is 2. The maximum atomic E-state index is 13.0. The second-order valence-corrected chi connectivity index (χ2v) is 6.38. The van der Waals surface area contributed by atoms with E-state index >= 15 is 0 Å². The van der Waals surface area contributed by atoms with Gasteiger partial charge in [0.05, 0.1) is 7.11 Å². The Morgan fingerprint density at radius 1 is 1.03 bits per heavy atom. The van der Waals surface area contributed by atoms with Gasteiger partial charge in [-0.2, -0.15) is 4.98 Å². The minimum absolute atomic E-state index is 0.114. The summed E-state index contributed by atoms with van der Waals surface area (Å²) in [6, 6.07) is 13.0. The van der Waals surface area contributed by atoms with Crippen molar-refractivity contribution >= 4 is 11.8 Å². The Labute approximate surface area is 172 Å². The van der Waals surface area contributed by atoms with Crippen LogP contribution in [0.3, 0.4) is 0 Å². The number of hydrogen-bond donors (Lipinski definition) is 2. The first-order chi connectivity index (χ1) is 14.5. The molecule has 0 saturated carbocycles. The molecular weight excluding hydrogens is 391 g/mol. The van der Waals surface area contributed by atoms with Crippen LogP contribution >= 0.6 is 0 Å². The fourth-order valence-electron chi connectivity index (χ4n) is 2.62. The summed E-state index contributed by atoms with van der Waals surface area (Å²) in [6.45, 7) is 0.480. The zero-order chi connectivity index (χ0) is 21.3. The van der Waals surface area contributed by atoms with Gasteiger partial charge in [0.25, 0.3) is 0 Å². The lowest BCUT2D eigenvalue weighted by molar-refractivity contribution is -0.121. The van der Waals surface area contributed by atoms with Crippen molar-refractivity contribution in [1.82, 2.24) is 20.8 Å². The van der Waals surface area contributed by atoms with E-state index in [2.05, 4.69) is 20.8 Å². The highest BCUT2D eigenvalue weighted by Gasteiger charge is 2.15. The first-order valence-corrected chi connectivity index (χ1v) is 9.32. The maximum absolute atomic E-state index is 13.0. The van der Waals surface area contributed by atoms with E-state index in [0.717, 1.165) is 11.3 Å². The summed E-state index contributed by atoms with van der Waals surface area (Å²) in [5.74, 6) is -0.303. The maximum Gasteiger partial charge on any atom is 0.316 e. The van der Waals surface area contributed by atoms with E-state index in [1.165, 1.54) is 24.3 Å². The highest BCUT2D eigenvalue weighted by molar-refractivity contribution is 5.89. The van der Waals surface area contributed by atoms with Crippen LogP contribution in [0.4, 0.5) is 4.39 Å². The van der Waals surface area contributed by atoms with E-state index in [-0.39, 0.29) is 36.5 Å². The Hall–Kier alpha value is -3.75. The molecule has 1 heterocycles. The minimum Gasteiger partial charge on any atom is -0.497 e. The molecule has 0 spiro atoms. The average Bonchev–Trinajstić information content (AvgIpc) is 3.26. The lowest BCUT2D eigenvalue weighted by Gasteiger charge is -2.06. The number of aryl methyl sites for hydroxylation is 1. The molecule has 0 atom stereocenters. The van der Waals surface area contributed by atoms with Crippen LogP contribution in [0.2, 0.25) is 0 Å². The molecule has 2 N–H and O–H groups in total. The van der Waals surface area contributed by atoms with Gasteiger partial charge in [0.1, 0.15) is 11.6 Å².